The van der Waals surface area contributed by atoms with Gasteiger partial charge in [-0.2, -0.15) is 0 Å². The first-order valence-electron chi connectivity index (χ1n) is 7.68. The van der Waals surface area contributed by atoms with E-state index in [2.05, 4.69) is 29.9 Å². The maximum Gasteiger partial charge on any atom is 0.252 e. The quantitative estimate of drug-likeness (QED) is 0.608. The predicted molar refractivity (Wildman–Crippen MR) is 88.3 cm³/mol. The van der Waals surface area contributed by atoms with Crippen LogP contribution in [0.2, 0.25) is 0 Å². The van der Waals surface area contributed by atoms with Crippen LogP contribution in [0, 0.1) is 0 Å². The highest BCUT2D eigenvalue weighted by Gasteiger charge is 2.17. The lowest BCUT2D eigenvalue weighted by molar-refractivity contribution is -0.117. The molecule has 0 unspecified atom stereocenters. The summed E-state index contributed by atoms with van der Waals surface area (Å²) in [5.41, 5.74) is 4.13. The number of nitrogens with one attached hydrogen (secondary N) is 1. The molecule has 0 aromatic carbocycles. The summed E-state index contributed by atoms with van der Waals surface area (Å²) in [6.07, 6.45) is 9.10. The lowest BCUT2D eigenvalue weighted by Gasteiger charge is -2.17. The van der Waals surface area contributed by atoms with Crippen molar-refractivity contribution >= 4 is 29.7 Å². The van der Waals surface area contributed by atoms with Gasteiger partial charge in [0.25, 0.3) is 5.91 Å². The first-order valence-corrected chi connectivity index (χ1v) is 8.22. The molecule has 0 radical (unpaired) electrons. The molecule has 1 heterocycles. The molecule has 0 fully saturated rings. The van der Waals surface area contributed by atoms with Crippen molar-refractivity contribution in [1.82, 2.24) is 10.3 Å². The Kier molecular flexibility index (Phi) is 6.05. The van der Waals surface area contributed by atoms with E-state index in [1.54, 1.807) is 18.2 Å². The van der Waals surface area contributed by atoms with Crippen molar-refractivity contribution in [3.63, 3.8) is 0 Å². The number of nitrogens with zero attached hydrogens (tertiary/aromatic N) is 1. The zero-order valence-corrected chi connectivity index (χ0v) is 13.7. The number of aromatic nitrogens is 1. The highest BCUT2D eigenvalue weighted by Crippen LogP contribution is 2.20. The molecule has 0 atom stereocenters. The molecular formula is C17H21ClN2O2. The molecule has 0 spiro atoms. The number of carbonyl (C=O) groups excluding carboxylic acids is 1. The van der Waals surface area contributed by atoms with Crippen LogP contribution < -0.4 is 5.32 Å². The van der Waals surface area contributed by atoms with Gasteiger partial charge in [0, 0.05) is 12.1 Å². The number of hydrogen-bond donors (Lipinski definition) is 1. The lowest BCUT2D eigenvalue weighted by Crippen LogP contribution is -2.35. The number of rotatable bonds is 7. The summed E-state index contributed by atoms with van der Waals surface area (Å²) < 4.78 is 5.52. The molecule has 1 aliphatic carbocycles. The van der Waals surface area contributed by atoms with Crippen LogP contribution in [0.15, 0.2) is 21.8 Å². The summed E-state index contributed by atoms with van der Waals surface area (Å²) in [5.74, 6) is 1.08. The van der Waals surface area contributed by atoms with Gasteiger partial charge >= 0.3 is 0 Å². The number of hydrogen-bond acceptors (Lipinski definition) is 3. The van der Waals surface area contributed by atoms with Crippen LogP contribution in [-0.4, -0.2) is 16.9 Å². The summed E-state index contributed by atoms with van der Waals surface area (Å²) in [5, 5.41) is 3.09. The van der Waals surface area contributed by atoms with Crippen molar-refractivity contribution in [3.8, 4) is 0 Å². The van der Waals surface area contributed by atoms with Crippen LogP contribution >= 0.6 is 11.6 Å². The summed E-state index contributed by atoms with van der Waals surface area (Å²) in [4.78, 5) is 16.7. The number of fused-ring (bicyclic) bond motifs is 1. The molecule has 0 aliphatic heterocycles. The van der Waals surface area contributed by atoms with Crippen LogP contribution in [0.5, 0.6) is 0 Å². The molecule has 22 heavy (non-hydrogen) atoms. The fourth-order valence-corrected chi connectivity index (χ4v) is 2.55. The lowest BCUT2D eigenvalue weighted by atomic mass is 10.1. The van der Waals surface area contributed by atoms with E-state index in [4.69, 9.17) is 16.0 Å². The number of alkyl halides is 1. The van der Waals surface area contributed by atoms with E-state index >= 15 is 0 Å². The average molecular weight is 321 g/mol. The molecule has 1 amide bonds. The Morgan fingerprint density at radius 3 is 2.73 bits per heavy atom. The molecule has 1 aromatic heterocycles. The maximum absolute atomic E-state index is 12.4. The summed E-state index contributed by atoms with van der Waals surface area (Å²) in [6.45, 7) is 4.24. The number of oxazole rings is 1. The van der Waals surface area contributed by atoms with Gasteiger partial charge < -0.3 is 9.73 Å². The SMILES string of the molecule is CCCC(CCC)NC(=O)C1=Cc2oc(CCl)nc2C=C=C1. The second-order valence-electron chi connectivity index (χ2n) is 5.29. The summed E-state index contributed by atoms with van der Waals surface area (Å²) >= 11 is 5.73. The van der Waals surface area contributed by atoms with E-state index < -0.39 is 0 Å². The molecule has 4 nitrogen and oxygen atoms in total. The van der Waals surface area contributed by atoms with Crippen molar-refractivity contribution in [2.45, 2.75) is 51.5 Å². The van der Waals surface area contributed by atoms with Gasteiger partial charge in [-0.05, 0) is 25.0 Å². The van der Waals surface area contributed by atoms with E-state index in [1.807, 2.05) is 0 Å². The first kappa shape index (κ1) is 16.6. The van der Waals surface area contributed by atoms with E-state index in [-0.39, 0.29) is 17.8 Å². The molecule has 118 valence electrons. The first-order chi connectivity index (χ1) is 10.7. The van der Waals surface area contributed by atoms with Crippen molar-refractivity contribution < 1.29 is 9.21 Å². The number of carbonyl (C=O) groups is 1. The molecule has 5 heteroatoms. The molecular weight excluding hydrogens is 300 g/mol. The third-order valence-electron chi connectivity index (χ3n) is 3.46. The Balaban J connectivity index is 2.17. The Morgan fingerprint density at radius 1 is 1.36 bits per heavy atom. The van der Waals surface area contributed by atoms with Gasteiger partial charge in [-0.25, -0.2) is 4.98 Å². The molecule has 1 aromatic rings. The fraction of sp³-hybridized carbons (Fsp3) is 0.471. The van der Waals surface area contributed by atoms with Crippen LogP contribution in [-0.2, 0) is 10.7 Å². The summed E-state index contributed by atoms with van der Waals surface area (Å²) in [6, 6.07) is 0.205. The number of halogens is 1. The van der Waals surface area contributed by atoms with Gasteiger partial charge in [-0.1, -0.05) is 26.7 Å². The van der Waals surface area contributed by atoms with Crippen LogP contribution in [0.1, 0.15) is 56.9 Å². The smallest absolute Gasteiger partial charge is 0.252 e. The topological polar surface area (TPSA) is 55.1 Å². The average Bonchev–Trinajstić information content (AvgIpc) is 2.78. The molecule has 0 saturated carbocycles. The van der Waals surface area contributed by atoms with Gasteiger partial charge in [-0.3, -0.25) is 4.79 Å². The van der Waals surface area contributed by atoms with Gasteiger partial charge in [-0.15, -0.1) is 17.3 Å². The summed E-state index contributed by atoms with van der Waals surface area (Å²) in [7, 11) is 0. The monoisotopic (exact) mass is 320 g/mol. The Hall–Kier alpha value is -1.77. The van der Waals surface area contributed by atoms with Gasteiger partial charge in [0.2, 0.25) is 5.89 Å². The van der Waals surface area contributed by atoms with Crippen molar-refractivity contribution in [3.05, 3.63) is 34.7 Å². The standard InChI is InChI=1S/C17H21ClN2O2/c1-3-6-13(7-4-2)19-17(21)12-8-5-9-14-15(10-12)22-16(11-18)20-14/h8-10,13H,3-4,6-7,11H2,1-2H3,(H,19,21). The minimum atomic E-state index is -0.107. The van der Waals surface area contributed by atoms with Crippen molar-refractivity contribution in [1.29, 1.82) is 0 Å². The highest BCUT2D eigenvalue weighted by atomic mass is 35.5. The largest absolute Gasteiger partial charge is 0.439 e. The zero-order chi connectivity index (χ0) is 15.9. The van der Waals surface area contributed by atoms with E-state index in [1.165, 1.54) is 0 Å². The Labute approximate surface area is 135 Å². The van der Waals surface area contributed by atoms with Crippen molar-refractivity contribution in [2.75, 3.05) is 0 Å². The second kappa shape index (κ2) is 8.02. The van der Waals surface area contributed by atoms with Gasteiger partial charge in [0.15, 0.2) is 5.76 Å². The Morgan fingerprint density at radius 2 is 2.09 bits per heavy atom. The molecule has 1 N–H and O–H groups in total. The van der Waals surface area contributed by atoms with E-state index in [0.29, 0.717) is 22.9 Å². The fourth-order valence-electron chi connectivity index (χ4n) is 2.43. The van der Waals surface area contributed by atoms with Crippen LogP contribution in [0.25, 0.3) is 12.2 Å². The van der Waals surface area contributed by atoms with Crippen LogP contribution in [0.4, 0.5) is 0 Å². The van der Waals surface area contributed by atoms with Crippen LogP contribution in [0.3, 0.4) is 0 Å². The maximum atomic E-state index is 12.4. The highest BCUT2D eigenvalue weighted by molar-refractivity contribution is 6.16. The number of amides is 1. The third-order valence-corrected chi connectivity index (χ3v) is 3.69. The van der Waals surface area contributed by atoms with Gasteiger partial charge in [0.1, 0.15) is 5.69 Å². The molecule has 0 bridgehead atoms. The molecule has 1 aliphatic rings. The molecule has 0 saturated heterocycles. The Bertz CT molecular complexity index is 619. The van der Waals surface area contributed by atoms with Crippen molar-refractivity contribution in [2.24, 2.45) is 0 Å². The second-order valence-corrected chi connectivity index (χ2v) is 5.56. The van der Waals surface area contributed by atoms with Gasteiger partial charge in [0.05, 0.1) is 11.5 Å². The van der Waals surface area contributed by atoms with E-state index in [0.717, 1.165) is 25.7 Å². The van der Waals surface area contributed by atoms with E-state index in [9.17, 15) is 4.79 Å². The third kappa shape index (κ3) is 4.12. The minimum Gasteiger partial charge on any atom is -0.439 e. The zero-order valence-electron chi connectivity index (χ0n) is 13.0. The predicted octanol–water partition coefficient (Wildman–Crippen LogP) is 4.06. The minimum absolute atomic E-state index is 0.107. The molecule has 2 rings (SSSR count). The normalized spacial score (nSPS) is 13.0.